The number of carbonyl (C=O) groups excluding carboxylic acids is 5. The third kappa shape index (κ3) is 12.2. The summed E-state index contributed by atoms with van der Waals surface area (Å²) in [6.45, 7) is 9.14. The molecule has 0 aliphatic carbocycles. The Hall–Kier alpha value is -4.07. The van der Waals surface area contributed by atoms with Gasteiger partial charge < -0.3 is 58.0 Å². The number of esters is 5. The van der Waals surface area contributed by atoms with Crippen molar-refractivity contribution in [2.75, 3.05) is 20.3 Å². The molecule has 3 heterocycles. The van der Waals surface area contributed by atoms with Crippen molar-refractivity contribution < 1.29 is 71.3 Å². The van der Waals surface area contributed by atoms with Crippen LogP contribution >= 0.6 is 12.4 Å². The second-order valence-corrected chi connectivity index (χ2v) is 12.7. The van der Waals surface area contributed by atoms with E-state index in [1.165, 1.54) is 21.0 Å². The topological polar surface area (TPSA) is 214 Å². The highest BCUT2D eigenvalue weighted by Gasteiger charge is 2.58. The zero-order valence-electron chi connectivity index (χ0n) is 30.8. The Labute approximate surface area is 313 Å². The quantitative estimate of drug-likeness (QED) is 0.124. The molecule has 18 nitrogen and oxygen atoms in total. The second-order valence-electron chi connectivity index (χ2n) is 12.7. The minimum absolute atomic E-state index is 0. The minimum atomic E-state index is -1.31. The molecule has 0 saturated carbocycles. The number of hydrogen-bond donors (Lipinski definition) is 2. The maximum atomic E-state index is 12.3. The van der Waals surface area contributed by atoms with Gasteiger partial charge in [-0.2, -0.15) is 0 Å². The molecule has 1 aromatic carbocycles. The van der Waals surface area contributed by atoms with Crippen molar-refractivity contribution in [3.8, 4) is 0 Å². The molecule has 3 aliphatic heterocycles. The van der Waals surface area contributed by atoms with Gasteiger partial charge >= 0.3 is 29.8 Å². The second kappa shape index (κ2) is 19.3. The van der Waals surface area contributed by atoms with Gasteiger partial charge in [-0.05, 0) is 19.4 Å². The number of methoxy groups -OCH3 is 1. The van der Waals surface area contributed by atoms with Crippen LogP contribution in [0.4, 0.5) is 0 Å². The molecule has 296 valence electrons. The van der Waals surface area contributed by atoms with Crippen LogP contribution in [-0.2, 0) is 77.9 Å². The molecule has 3 aliphatic rings. The highest BCUT2D eigenvalue weighted by molar-refractivity contribution is 5.85. The average molecular weight is 774 g/mol. The van der Waals surface area contributed by atoms with Crippen molar-refractivity contribution in [1.29, 1.82) is 0 Å². The Morgan fingerprint density at radius 1 is 0.792 bits per heavy atom. The maximum Gasteiger partial charge on any atom is 0.303 e. The first-order valence-electron chi connectivity index (χ1n) is 16.7. The first-order valence-corrected chi connectivity index (χ1v) is 16.7. The van der Waals surface area contributed by atoms with Crippen LogP contribution in [0.2, 0.25) is 0 Å². The number of aliphatic imine (C=N–C) groups is 1. The largest absolute Gasteiger partial charge is 0.464 e. The molecule has 0 radical (unpaired) electrons. The number of fused-ring (bicyclic) bond motifs is 1. The third-order valence-electron chi connectivity index (χ3n) is 7.98. The SMILES string of the molecule is CO[C@H]1O[C@H](CNC(=NCc2ccccc2)N[C@@H](COC(C)=O)[C@H]2O[C@@H]3OC(C)(C)O[C@@H]3[C@H]2OC(C)=O)[C@@H](OC(C)=O)[C@H](OC(C)=O)[C@H]1OC(C)=O.Cl. The van der Waals surface area contributed by atoms with Crippen LogP contribution in [0.15, 0.2) is 35.3 Å². The molecule has 1 aromatic rings. The van der Waals surface area contributed by atoms with Crippen LogP contribution in [-0.4, -0.2) is 123 Å². The standard InChI is InChI=1S/C34H47N3O15.ClH/c1-17(38)44-16-23(25-27(46-19(3)40)30-32(50-25)52-34(6,7)51-30)37-33(35-14-22-12-10-9-11-13-22)36-15-24-26(45-18(2)39)28(47-20(4)41)29(48-21(5)42)31(43-8)49-24;/h9-13,23-32H,14-16H2,1-8H3,(H2,35,36,37);1H/t23-,24+,25+,26+,27-,28-,29+,30+,31-,32+;/m0./s1. The number of halogens is 1. The highest BCUT2D eigenvalue weighted by Crippen LogP contribution is 2.40. The Morgan fingerprint density at radius 3 is 1.96 bits per heavy atom. The number of benzene rings is 1. The highest BCUT2D eigenvalue weighted by atomic mass is 35.5. The summed E-state index contributed by atoms with van der Waals surface area (Å²) < 4.78 is 57.3. The summed E-state index contributed by atoms with van der Waals surface area (Å²) in [5.41, 5.74) is 0.846. The lowest BCUT2D eigenvalue weighted by atomic mass is 9.97. The number of ether oxygens (including phenoxy) is 10. The normalized spacial score (nSPS) is 29.4. The molecule has 0 amide bonds. The molecular weight excluding hydrogens is 726 g/mol. The predicted octanol–water partition coefficient (Wildman–Crippen LogP) is 1.05. The van der Waals surface area contributed by atoms with E-state index in [-0.39, 0.29) is 38.1 Å². The van der Waals surface area contributed by atoms with E-state index in [0.717, 1.165) is 26.3 Å². The van der Waals surface area contributed by atoms with Gasteiger partial charge in [0.1, 0.15) is 18.8 Å². The van der Waals surface area contributed by atoms with Crippen molar-refractivity contribution >= 4 is 48.2 Å². The van der Waals surface area contributed by atoms with E-state index in [4.69, 9.17) is 52.4 Å². The van der Waals surface area contributed by atoms with E-state index < -0.39 is 97.0 Å². The van der Waals surface area contributed by atoms with Gasteiger partial charge in [0, 0.05) is 48.3 Å². The molecule has 0 bridgehead atoms. The Balaban J connectivity index is 0.00000756. The van der Waals surface area contributed by atoms with Gasteiger partial charge in [0.25, 0.3) is 0 Å². The molecule has 3 saturated heterocycles. The summed E-state index contributed by atoms with van der Waals surface area (Å²) in [6, 6.07) is 8.40. The minimum Gasteiger partial charge on any atom is -0.464 e. The van der Waals surface area contributed by atoms with E-state index in [9.17, 15) is 24.0 Å². The number of carbonyl (C=O) groups is 5. The van der Waals surface area contributed by atoms with Crippen molar-refractivity contribution in [3.63, 3.8) is 0 Å². The van der Waals surface area contributed by atoms with E-state index in [2.05, 4.69) is 10.6 Å². The first kappa shape index (κ1) is 43.3. The molecule has 53 heavy (non-hydrogen) atoms. The van der Waals surface area contributed by atoms with Crippen LogP contribution in [0, 0.1) is 0 Å². The molecule has 19 heteroatoms. The number of rotatable bonds is 13. The van der Waals surface area contributed by atoms with Gasteiger partial charge in [0.05, 0.1) is 12.6 Å². The fourth-order valence-corrected chi connectivity index (χ4v) is 6.07. The van der Waals surface area contributed by atoms with E-state index in [0.29, 0.717) is 0 Å². The van der Waals surface area contributed by atoms with Crippen molar-refractivity contribution in [1.82, 2.24) is 10.6 Å². The summed E-state index contributed by atoms with van der Waals surface area (Å²) in [5.74, 6) is -4.23. The molecule has 4 rings (SSSR count). The maximum absolute atomic E-state index is 12.3. The van der Waals surface area contributed by atoms with Crippen molar-refractivity contribution in [2.45, 2.75) is 122 Å². The summed E-state index contributed by atoms with van der Waals surface area (Å²) in [5, 5.41) is 6.37. The lowest BCUT2D eigenvalue weighted by Crippen LogP contribution is -2.64. The Morgan fingerprint density at radius 2 is 1.38 bits per heavy atom. The molecule has 2 N–H and O–H groups in total. The van der Waals surface area contributed by atoms with Crippen LogP contribution < -0.4 is 10.6 Å². The fourth-order valence-electron chi connectivity index (χ4n) is 6.07. The van der Waals surface area contributed by atoms with Crippen LogP contribution in [0.25, 0.3) is 0 Å². The molecule has 0 unspecified atom stereocenters. The average Bonchev–Trinajstić information content (AvgIpc) is 3.53. The molecule has 0 aromatic heterocycles. The summed E-state index contributed by atoms with van der Waals surface area (Å²) in [4.78, 5) is 65.5. The van der Waals surface area contributed by atoms with E-state index in [1.807, 2.05) is 30.3 Å². The van der Waals surface area contributed by atoms with E-state index in [1.54, 1.807) is 13.8 Å². The summed E-state index contributed by atoms with van der Waals surface area (Å²) in [7, 11) is 1.31. The van der Waals surface area contributed by atoms with Gasteiger partial charge in [0.2, 0.25) is 0 Å². The zero-order valence-corrected chi connectivity index (χ0v) is 31.6. The van der Waals surface area contributed by atoms with Crippen LogP contribution in [0.3, 0.4) is 0 Å². The number of nitrogens with zero attached hydrogens (tertiary/aromatic N) is 1. The van der Waals surface area contributed by atoms with Gasteiger partial charge in [0.15, 0.2) is 54.8 Å². The Kier molecular flexibility index (Phi) is 15.8. The van der Waals surface area contributed by atoms with Crippen LogP contribution in [0.5, 0.6) is 0 Å². The first-order chi connectivity index (χ1) is 24.6. The van der Waals surface area contributed by atoms with Crippen molar-refractivity contribution in [2.24, 2.45) is 4.99 Å². The Bertz CT molecular complexity index is 1460. The molecule has 0 spiro atoms. The molecular formula is C34H48ClN3O15. The zero-order chi connectivity index (χ0) is 38.2. The lowest BCUT2D eigenvalue weighted by Gasteiger charge is -2.44. The smallest absolute Gasteiger partial charge is 0.303 e. The fraction of sp³-hybridized carbons (Fsp3) is 0.647. The summed E-state index contributed by atoms with van der Waals surface area (Å²) in [6.07, 6.45) is -9.82. The number of hydrogen-bond acceptors (Lipinski definition) is 16. The van der Waals surface area contributed by atoms with E-state index >= 15 is 0 Å². The molecule has 10 atom stereocenters. The predicted molar refractivity (Wildman–Crippen MR) is 183 cm³/mol. The monoisotopic (exact) mass is 773 g/mol. The van der Waals surface area contributed by atoms with Crippen LogP contribution in [0.1, 0.15) is 54.0 Å². The number of guanidine groups is 1. The van der Waals surface area contributed by atoms with Gasteiger partial charge in [-0.1, -0.05) is 30.3 Å². The van der Waals surface area contributed by atoms with Gasteiger partial charge in [-0.15, -0.1) is 12.4 Å². The van der Waals surface area contributed by atoms with Crippen molar-refractivity contribution in [3.05, 3.63) is 35.9 Å². The van der Waals surface area contributed by atoms with Gasteiger partial charge in [-0.25, -0.2) is 4.99 Å². The molecule has 3 fully saturated rings. The number of nitrogens with one attached hydrogen (secondary N) is 2. The lowest BCUT2D eigenvalue weighted by molar-refractivity contribution is -0.296. The van der Waals surface area contributed by atoms with Gasteiger partial charge in [-0.3, -0.25) is 24.0 Å². The summed E-state index contributed by atoms with van der Waals surface area (Å²) >= 11 is 0. The third-order valence-corrected chi connectivity index (χ3v) is 7.98.